The fourth-order valence-corrected chi connectivity index (χ4v) is 6.17. The third-order valence-corrected chi connectivity index (χ3v) is 8.38. The Labute approximate surface area is 150 Å². The molecule has 0 saturated carbocycles. The fourth-order valence-electron chi connectivity index (χ4n) is 3.10. The molecule has 0 spiro atoms. The minimum absolute atomic E-state index is 0.578. The van der Waals surface area contributed by atoms with Gasteiger partial charge in [0.15, 0.2) is 7.14 Å². The second-order valence-electron chi connectivity index (χ2n) is 6.68. The van der Waals surface area contributed by atoms with Gasteiger partial charge in [-0.1, -0.05) is 91.0 Å². The van der Waals surface area contributed by atoms with E-state index in [1.807, 2.05) is 92.7 Å². The third-order valence-electron chi connectivity index (χ3n) is 4.59. The lowest BCUT2D eigenvalue weighted by molar-refractivity contribution is 0.489. The summed E-state index contributed by atoms with van der Waals surface area (Å²) in [7, 11) is -2.88. The molecule has 25 heavy (non-hydrogen) atoms. The Morgan fingerprint density at radius 2 is 1.12 bits per heavy atom. The molecule has 0 aliphatic rings. The van der Waals surface area contributed by atoms with Gasteiger partial charge in [0.05, 0.1) is 5.28 Å². The molecule has 0 bridgehead atoms. The summed E-state index contributed by atoms with van der Waals surface area (Å²) in [4.78, 5) is 0. The molecule has 3 rings (SSSR count). The van der Waals surface area contributed by atoms with E-state index in [1.54, 1.807) is 0 Å². The van der Waals surface area contributed by atoms with Gasteiger partial charge in [0.2, 0.25) is 0 Å². The summed E-state index contributed by atoms with van der Waals surface area (Å²) < 4.78 is 14.4. The molecular formula is C22H24NOP. The van der Waals surface area contributed by atoms with Gasteiger partial charge in [0.1, 0.15) is 0 Å². The topological polar surface area (TPSA) is 29.1 Å². The Morgan fingerprint density at radius 1 is 0.720 bits per heavy atom. The maximum atomic E-state index is 14.4. The zero-order valence-electron chi connectivity index (χ0n) is 14.7. The Balaban J connectivity index is 2.00. The second-order valence-corrected chi connectivity index (χ2v) is 10.0. The summed E-state index contributed by atoms with van der Waals surface area (Å²) in [5, 5.41) is 4.73. The van der Waals surface area contributed by atoms with Crippen molar-refractivity contribution in [3.63, 3.8) is 0 Å². The maximum absolute atomic E-state index is 14.4. The molecule has 0 fully saturated rings. The third kappa shape index (κ3) is 3.61. The van der Waals surface area contributed by atoms with E-state index in [0.717, 1.165) is 10.6 Å². The van der Waals surface area contributed by atoms with Crippen molar-refractivity contribution >= 4 is 17.8 Å². The van der Waals surface area contributed by atoms with Crippen LogP contribution in [0.1, 0.15) is 19.4 Å². The molecule has 0 atom stereocenters. The monoisotopic (exact) mass is 349 g/mol. The van der Waals surface area contributed by atoms with Crippen molar-refractivity contribution < 1.29 is 4.57 Å². The molecule has 0 aromatic heterocycles. The Bertz CT molecular complexity index is 801. The Hall–Kier alpha value is -2.15. The first-order chi connectivity index (χ1) is 12.0. The van der Waals surface area contributed by atoms with Crippen molar-refractivity contribution in [2.45, 2.75) is 25.7 Å². The standard InChI is InChI=1S/C22H24NOP/c1-22(2,23-18-19-12-6-3-7-13-19)25(24,20-14-8-4-9-15-20)21-16-10-5-11-17-21/h3-17,23H,18H2,1-2H3. The molecular weight excluding hydrogens is 325 g/mol. The van der Waals surface area contributed by atoms with Crippen LogP contribution in [0.25, 0.3) is 0 Å². The summed E-state index contributed by atoms with van der Waals surface area (Å²) in [6.07, 6.45) is 0. The van der Waals surface area contributed by atoms with Crippen LogP contribution in [0.2, 0.25) is 0 Å². The highest BCUT2D eigenvalue weighted by Crippen LogP contribution is 2.54. The minimum Gasteiger partial charge on any atom is -0.312 e. The average Bonchev–Trinajstić information content (AvgIpc) is 2.68. The van der Waals surface area contributed by atoms with Crippen LogP contribution in [-0.4, -0.2) is 5.28 Å². The largest absolute Gasteiger partial charge is 0.312 e. The normalized spacial score (nSPS) is 12.1. The van der Waals surface area contributed by atoms with Gasteiger partial charge in [-0.25, -0.2) is 0 Å². The molecule has 3 heteroatoms. The minimum atomic E-state index is -2.88. The van der Waals surface area contributed by atoms with E-state index in [-0.39, 0.29) is 0 Å². The molecule has 128 valence electrons. The number of nitrogens with one attached hydrogen (secondary N) is 1. The van der Waals surface area contributed by atoms with Crippen LogP contribution in [0, 0.1) is 0 Å². The maximum Gasteiger partial charge on any atom is 0.161 e. The average molecular weight is 349 g/mol. The number of benzene rings is 3. The van der Waals surface area contributed by atoms with Crippen molar-refractivity contribution in [1.29, 1.82) is 0 Å². The first-order valence-electron chi connectivity index (χ1n) is 8.54. The van der Waals surface area contributed by atoms with Crippen LogP contribution in [0.4, 0.5) is 0 Å². The highest BCUT2D eigenvalue weighted by atomic mass is 31.2. The molecule has 0 aliphatic carbocycles. The van der Waals surface area contributed by atoms with Gasteiger partial charge >= 0.3 is 0 Å². The summed E-state index contributed by atoms with van der Waals surface area (Å²) in [6, 6.07) is 29.9. The van der Waals surface area contributed by atoms with Crippen LogP contribution in [-0.2, 0) is 11.1 Å². The predicted octanol–water partition coefficient (Wildman–Crippen LogP) is 4.53. The Morgan fingerprint density at radius 3 is 1.56 bits per heavy atom. The Kier molecular flexibility index (Phi) is 5.22. The van der Waals surface area contributed by atoms with E-state index in [2.05, 4.69) is 17.4 Å². The molecule has 0 aliphatic heterocycles. The van der Waals surface area contributed by atoms with Gasteiger partial charge < -0.3 is 9.88 Å². The fraction of sp³-hybridized carbons (Fsp3) is 0.182. The molecule has 3 aromatic carbocycles. The summed E-state index contributed by atoms with van der Waals surface area (Å²) in [6.45, 7) is 4.75. The first kappa shape index (κ1) is 17.7. The van der Waals surface area contributed by atoms with Crippen LogP contribution in [0.5, 0.6) is 0 Å². The van der Waals surface area contributed by atoms with Gasteiger partial charge in [-0.2, -0.15) is 0 Å². The van der Waals surface area contributed by atoms with E-state index in [4.69, 9.17) is 0 Å². The summed E-state index contributed by atoms with van der Waals surface area (Å²) >= 11 is 0. The molecule has 2 nitrogen and oxygen atoms in total. The van der Waals surface area contributed by atoms with Crippen molar-refractivity contribution in [2.75, 3.05) is 0 Å². The van der Waals surface area contributed by atoms with Gasteiger partial charge in [-0.15, -0.1) is 0 Å². The second kappa shape index (κ2) is 7.39. The molecule has 0 saturated heterocycles. The lowest BCUT2D eigenvalue weighted by Gasteiger charge is -2.36. The molecule has 0 radical (unpaired) electrons. The van der Waals surface area contributed by atoms with E-state index in [9.17, 15) is 4.57 Å². The molecule has 0 amide bonds. The lowest BCUT2D eigenvalue weighted by atomic mass is 10.2. The number of rotatable bonds is 6. The predicted molar refractivity (Wildman–Crippen MR) is 107 cm³/mol. The zero-order valence-corrected chi connectivity index (χ0v) is 15.6. The van der Waals surface area contributed by atoms with Crippen LogP contribution in [0.15, 0.2) is 91.0 Å². The number of hydrogen-bond donors (Lipinski definition) is 1. The lowest BCUT2D eigenvalue weighted by Crippen LogP contribution is -2.44. The zero-order chi connectivity index (χ0) is 17.8. The van der Waals surface area contributed by atoms with Gasteiger partial charge in [0.25, 0.3) is 0 Å². The number of hydrogen-bond acceptors (Lipinski definition) is 2. The van der Waals surface area contributed by atoms with Crippen LogP contribution < -0.4 is 15.9 Å². The smallest absolute Gasteiger partial charge is 0.161 e. The van der Waals surface area contributed by atoms with Gasteiger partial charge in [-0.3, -0.25) is 0 Å². The summed E-state index contributed by atoms with van der Waals surface area (Å²) in [5.41, 5.74) is 1.18. The van der Waals surface area contributed by atoms with E-state index in [1.165, 1.54) is 5.56 Å². The van der Waals surface area contributed by atoms with Crippen molar-refractivity contribution in [2.24, 2.45) is 0 Å². The SMILES string of the molecule is CC(C)(NCc1ccccc1)P(=O)(c1ccccc1)c1ccccc1. The van der Waals surface area contributed by atoms with Gasteiger partial charge in [0, 0.05) is 17.2 Å². The van der Waals surface area contributed by atoms with Crippen LogP contribution >= 0.6 is 7.14 Å². The van der Waals surface area contributed by atoms with Crippen LogP contribution in [0.3, 0.4) is 0 Å². The van der Waals surface area contributed by atoms with Crippen molar-refractivity contribution in [3.05, 3.63) is 96.6 Å². The molecule has 0 unspecified atom stereocenters. The molecule has 3 aromatic rings. The highest BCUT2D eigenvalue weighted by molar-refractivity contribution is 7.80. The van der Waals surface area contributed by atoms with E-state index in [0.29, 0.717) is 6.54 Å². The van der Waals surface area contributed by atoms with E-state index < -0.39 is 12.4 Å². The molecule has 1 N–H and O–H groups in total. The van der Waals surface area contributed by atoms with Crippen molar-refractivity contribution in [3.8, 4) is 0 Å². The molecule has 0 heterocycles. The summed E-state index contributed by atoms with van der Waals surface area (Å²) in [5.74, 6) is 0. The quantitative estimate of drug-likeness (QED) is 0.663. The first-order valence-corrected chi connectivity index (χ1v) is 10.2. The van der Waals surface area contributed by atoms with Crippen molar-refractivity contribution in [1.82, 2.24) is 5.32 Å². The van der Waals surface area contributed by atoms with Gasteiger partial charge in [-0.05, 0) is 19.4 Å². The van der Waals surface area contributed by atoms with E-state index >= 15 is 0 Å². The highest BCUT2D eigenvalue weighted by Gasteiger charge is 2.42.